The van der Waals surface area contributed by atoms with Gasteiger partial charge >= 0.3 is 0 Å². The number of hydrogen-bond acceptors (Lipinski definition) is 8. The van der Waals surface area contributed by atoms with Gasteiger partial charge in [0.15, 0.2) is 16.7 Å². The Balaban J connectivity index is 1.58. The summed E-state index contributed by atoms with van der Waals surface area (Å²) >= 11 is 8.07. The van der Waals surface area contributed by atoms with Crippen LogP contribution in [0.4, 0.5) is 11.4 Å². The summed E-state index contributed by atoms with van der Waals surface area (Å²) < 4.78 is 13.5. The fourth-order valence-corrected chi connectivity index (χ4v) is 5.02. The van der Waals surface area contributed by atoms with Gasteiger partial charge in [-0.2, -0.15) is 5.26 Å². The standard InChI is InChI=1S/C27H29ClN6O3S/c1-33(10-11-35)8-4-12-37-24-15-22-20(14-23(24)36-3)26(18(16-29)17-31-22)32-19-5-6-25(21(28)13-19)38-27-30-7-9-34(27)2/h5-7,9,13-15,17,35H,4,8,10-12H2,1-3H3,(H,31,32)/p+1. The molecule has 0 saturated heterocycles. The first-order chi connectivity index (χ1) is 18.4. The second-order valence-corrected chi connectivity index (χ2v) is 10.2. The molecule has 9 nitrogen and oxygen atoms in total. The number of nitrogens with zero attached hydrogens (tertiary/aromatic N) is 4. The van der Waals surface area contributed by atoms with Crippen molar-refractivity contribution in [2.24, 2.45) is 7.05 Å². The number of aliphatic hydroxyl groups excluding tert-OH is 1. The van der Waals surface area contributed by atoms with Crippen molar-refractivity contribution in [1.29, 1.82) is 5.26 Å². The van der Waals surface area contributed by atoms with E-state index in [0.717, 1.165) is 34.1 Å². The van der Waals surface area contributed by atoms with Crippen LogP contribution in [0.15, 0.2) is 59.0 Å². The van der Waals surface area contributed by atoms with Gasteiger partial charge in [-0.15, -0.1) is 0 Å². The average molecular weight is 554 g/mol. The minimum absolute atomic E-state index is 0.165. The third kappa shape index (κ3) is 6.49. The van der Waals surface area contributed by atoms with Crippen LogP contribution in [-0.2, 0) is 7.05 Å². The number of anilines is 2. The topological polar surface area (TPSA) is 110 Å². The molecule has 0 fully saturated rings. The van der Waals surface area contributed by atoms with Crippen LogP contribution in [0.25, 0.3) is 10.9 Å². The number of aromatic nitrogens is 3. The quantitative estimate of drug-likeness (QED) is 0.228. The number of nitrogens with one attached hydrogen (secondary N) is 2. The average Bonchev–Trinajstić information content (AvgIpc) is 3.32. The van der Waals surface area contributed by atoms with Gasteiger partial charge in [-0.25, -0.2) is 4.98 Å². The van der Waals surface area contributed by atoms with Crippen LogP contribution < -0.4 is 19.7 Å². The van der Waals surface area contributed by atoms with Crippen LogP contribution in [0.5, 0.6) is 11.5 Å². The number of nitriles is 1. The third-order valence-corrected chi connectivity index (χ3v) is 7.57. The molecule has 198 valence electrons. The van der Waals surface area contributed by atoms with Gasteiger partial charge in [0.1, 0.15) is 12.6 Å². The molecule has 2 aromatic carbocycles. The lowest BCUT2D eigenvalue weighted by Crippen LogP contribution is -3.09. The minimum atomic E-state index is 0.165. The van der Waals surface area contributed by atoms with Crippen LogP contribution in [0.1, 0.15) is 12.0 Å². The van der Waals surface area contributed by atoms with Crippen LogP contribution >= 0.6 is 23.4 Å². The first kappa shape index (κ1) is 27.5. The second-order valence-electron chi connectivity index (χ2n) is 8.75. The highest BCUT2D eigenvalue weighted by Crippen LogP contribution is 2.39. The number of likely N-dealkylation sites (N-methyl/N-ethyl adjacent to an activating group) is 1. The highest BCUT2D eigenvalue weighted by atomic mass is 35.5. The predicted octanol–water partition coefficient (Wildman–Crippen LogP) is 3.67. The van der Waals surface area contributed by atoms with Crippen LogP contribution in [0.3, 0.4) is 0 Å². The van der Waals surface area contributed by atoms with Crippen molar-refractivity contribution in [3.8, 4) is 17.6 Å². The molecule has 0 aliphatic rings. The first-order valence-electron chi connectivity index (χ1n) is 12.1. The summed E-state index contributed by atoms with van der Waals surface area (Å²) in [5, 5.41) is 24.3. The predicted molar refractivity (Wildman–Crippen MR) is 149 cm³/mol. The number of hydrogen-bond donors (Lipinski definition) is 3. The molecule has 0 amide bonds. The fourth-order valence-electron chi connectivity index (χ4n) is 3.92. The van der Waals surface area contributed by atoms with E-state index in [-0.39, 0.29) is 6.61 Å². The minimum Gasteiger partial charge on any atom is -0.493 e. The molecular formula is C27H30ClN6O3S+. The maximum Gasteiger partial charge on any atom is 0.172 e. The summed E-state index contributed by atoms with van der Waals surface area (Å²) in [7, 11) is 5.55. The van der Waals surface area contributed by atoms with E-state index < -0.39 is 0 Å². The third-order valence-electron chi connectivity index (χ3n) is 6.00. The molecule has 0 radical (unpaired) electrons. The monoisotopic (exact) mass is 553 g/mol. The van der Waals surface area contributed by atoms with Crippen molar-refractivity contribution < 1.29 is 19.5 Å². The fraction of sp³-hybridized carbons (Fsp3) is 0.296. The molecule has 0 saturated carbocycles. The zero-order chi connectivity index (χ0) is 27.1. The molecule has 1 atom stereocenters. The van der Waals surface area contributed by atoms with Crippen LogP contribution in [0.2, 0.25) is 5.02 Å². The second kappa shape index (κ2) is 12.8. The van der Waals surface area contributed by atoms with Crippen molar-refractivity contribution in [3.63, 3.8) is 0 Å². The normalized spacial score (nSPS) is 11.8. The van der Waals surface area contributed by atoms with Crippen molar-refractivity contribution >= 4 is 45.6 Å². The van der Waals surface area contributed by atoms with Gasteiger partial charge in [-0.1, -0.05) is 23.4 Å². The molecule has 2 aromatic heterocycles. The Kier molecular flexibility index (Phi) is 9.31. The Morgan fingerprint density at radius 2 is 2.05 bits per heavy atom. The van der Waals surface area contributed by atoms with Crippen molar-refractivity contribution in [3.05, 3.63) is 59.5 Å². The molecule has 0 bridgehead atoms. The molecule has 3 N–H and O–H groups in total. The number of quaternary nitrogens is 1. The van der Waals surface area contributed by atoms with Gasteiger partial charge in [0.05, 0.1) is 55.7 Å². The van der Waals surface area contributed by atoms with E-state index >= 15 is 0 Å². The highest BCUT2D eigenvalue weighted by Gasteiger charge is 2.16. The summed E-state index contributed by atoms with van der Waals surface area (Å²) in [5.41, 5.74) is 2.40. The number of ether oxygens (including phenoxy) is 2. The van der Waals surface area contributed by atoms with E-state index in [4.69, 9.17) is 26.2 Å². The van der Waals surface area contributed by atoms with Gasteiger partial charge in [-0.3, -0.25) is 4.98 Å². The summed E-state index contributed by atoms with van der Waals surface area (Å²) in [6.45, 7) is 2.26. The number of halogens is 1. The molecule has 11 heteroatoms. The Bertz CT molecular complexity index is 1460. The van der Waals surface area contributed by atoms with Gasteiger partial charge in [-0.05, 0) is 24.3 Å². The molecule has 0 aliphatic heterocycles. The zero-order valence-electron chi connectivity index (χ0n) is 21.5. The van der Waals surface area contributed by atoms with Crippen LogP contribution in [0, 0.1) is 11.3 Å². The van der Waals surface area contributed by atoms with E-state index in [1.54, 1.807) is 19.5 Å². The lowest BCUT2D eigenvalue weighted by molar-refractivity contribution is -0.880. The Morgan fingerprint density at radius 3 is 2.74 bits per heavy atom. The molecule has 4 rings (SSSR count). The number of methoxy groups -OCH3 is 1. The summed E-state index contributed by atoms with van der Waals surface area (Å²) in [4.78, 5) is 10.9. The maximum atomic E-state index is 9.79. The van der Waals surface area contributed by atoms with Gasteiger partial charge < -0.3 is 29.4 Å². The van der Waals surface area contributed by atoms with E-state index in [9.17, 15) is 5.26 Å². The van der Waals surface area contributed by atoms with Gasteiger partial charge in [0.25, 0.3) is 0 Å². The molecule has 2 heterocycles. The van der Waals surface area contributed by atoms with Gasteiger partial charge in [0, 0.05) is 54.1 Å². The van der Waals surface area contributed by atoms with Gasteiger partial charge in [0.2, 0.25) is 0 Å². The number of pyridine rings is 1. The Hall–Kier alpha value is -3.49. The van der Waals surface area contributed by atoms with E-state index in [0.29, 0.717) is 46.4 Å². The number of imidazole rings is 1. The van der Waals surface area contributed by atoms with Crippen molar-refractivity contribution in [1.82, 2.24) is 14.5 Å². The van der Waals surface area contributed by atoms with Crippen molar-refractivity contribution in [2.45, 2.75) is 16.5 Å². The number of rotatable bonds is 12. The van der Waals surface area contributed by atoms with E-state index in [1.807, 2.05) is 55.2 Å². The maximum absolute atomic E-state index is 9.79. The largest absolute Gasteiger partial charge is 0.493 e. The number of fused-ring (bicyclic) bond motifs is 1. The number of aliphatic hydroxyl groups is 1. The Labute approximate surface area is 231 Å². The summed E-state index contributed by atoms with van der Waals surface area (Å²) in [5.74, 6) is 1.13. The molecule has 0 spiro atoms. The molecule has 4 aromatic rings. The van der Waals surface area contributed by atoms with E-state index in [2.05, 4.69) is 21.4 Å². The smallest absolute Gasteiger partial charge is 0.172 e. The SMILES string of the molecule is COc1cc2c(Nc3ccc(Sc4nccn4C)c(Cl)c3)c(C#N)cnc2cc1OCCC[NH+](C)CCO. The zero-order valence-corrected chi connectivity index (χ0v) is 23.1. The Morgan fingerprint density at radius 1 is 1.21 bits per heavy atom. The lowest BCUT2D eigenvalue weighted by atomic mass is 10.1. The molecular weight excluding hydrogens is 524 g/mol. The molecule has 38 heavy (non-hydrogen) atoms. The summed E-state index contributed by atoms with van der Waals surface area (Å²) in [6.07, 6.45) is 6.00. The van der Waals surface area contributed by atoms with Crippen LogP contribution in [-0.4, -0.2) is 60.1 Å². The number of aryl methyl sites for hydroxylation is 1. The first-order valence-corrected chi connectivity index (χ1v) is 13.3. The molecule has 0 aliphatic carbocycles. The number of benzene rings is 2. The summed E-state index contributed by atoms with van der Waals surface area (Å²) in [6, 6.07) is 11.5. The lowest BCUT2D eigenvalue weighted by Gasteiger charge is -2.16. The van der Waals surface area contributed by atoms with E-state index in [1.165, 1.54) is 16.7 Å². The molecule has 1 unspecified atom stereocenters. The van der Waals surface area contributed by atoms with Crippen molar-refractivity contribution in [2.75, 3.05) is 45.8 Å². The highest BCUT2D eigenvalue weighted by molar-refractivity contribution is 7.99.